The first-order valence-corrected chi connectivity index (χ1v) is 11.5. The number of urea groups is 1. The molecule has 1 aliphatic heterocycles. The third-order valence-corrected chi connectivity index (χ3v) is 6.04. The third-order valence-electron chi connectivity index (χ3n) is 6.04. The molecule has 7 heteroatoms. The van der Waals surface area contributed by atoms with Crippen molar-refractivity contribution in [2.45, 2.75) is 26.2 Å². The Morgan fingerprint density at radius 3 is 2.55 bits per heavy atom. The molecule has 0 fully saturated rings. The zero-order chi connectivity index (χ0) is 23.5. The molecule has 3 aromatic carbocycles. The molecule has 0 bridgehead atoms. The van der Waals surface area contributed by atoms with Crippen LogP contribution < -0.4 is 10.6 Å². The Morgan fingerprint density at radius 2 is 1.79 bits per heavy atom. The average Bonchev–Trinajstić information content (AvgIpc) is 2.79. The molecule has 4 amide bonds. The lowest BCUT2D eigenvalue weighted by Crippen LogP contribution is -2.43. The van der Waals surface area contributed by atoms with Crippen LogP contribution in [0.4, 0.5) is 10.5 Å². The highest BCUT2D eigenvalue weighted by molar-refractivity contribution is 6.31. The number of carbonyl (C=O) groups excluding carboxylic acids is 3. The van der Waals surface area contributed by atoms with Crippen LogP contribution in [-0.2, 0) is 0 Å². The first kappa shape index (κ1) is 22.7. The number of imide groups is 1. The van der Waals surface area contributed by atoms with Crippen molar-refractivity contribution < 1.29 is 14.4 Å². The van der Waals surface area contributed by atoms with Gasteiger partial charge in [-0.1, -0.05) is 44.0 Å². The quantitative estimate of drug-likeness (QED) is 0.304. The zero-order valence-electron chi connectivity index (χ0n) is 19.4. The summed E-state index contributed by atoms with van der Waals surface area (Å²) in [5.74, 6) is -0.558. The van der Waals surface area contributed by atoms with Gasteiger partial charge in [0.15, 0.2) is 0 Å². The summed E-state index contributed by atoms with van der Waals surface area (Å²) in [5.41, 5.74) is 1.69. The van der Waals surface area contributed by atoms with Crippen LogP contribution in [-0.4, -0.2) is 61.4 Å². The van der Waals surface area contributed by atoms with Gasteiger partial charge in [0.05, 0.1) is 11.3 Å². The van der Waals surface area contributed by atoms with Crippen LogP contribution >= 0.6 is 0 Å². The number of unbranched alkanes of at least 4 members (excludes halogenated alkanes) is 2. The maximum absolute atomic E-state index is 13.6. The van der Waals surface area contributed by atoms with Crippen molar-refractivity contribution in [2.75, 3.05) is 39.0 Å². The molecule has 7 nitrogen and oxygen atoms in total. The standard InChI is InChI=1S/C26H30N4O3/c1-4-5-6-13-27-26(33)28-21-12-8-10-18-20(21)16-17-9-7-11-19-22(17)23(18)25(32)30(24(19)31)15-14-29(2)3/h7-12,16H,4-6,13-15H2,1-3H3,(H2,27,28,33). The van der Waals surface area contributed by atoms with E-state index in [0.717, 1.165) is 35.4 Å². The summed E-state index contributed by atoms with van der Waals surface area (Å²) < 4.78 is 0. The molecule has 4 rings (SSSR count). The Morgan fingerprint density at radius 1 is 1.00 bits per heavy atom. The smallest absolute Gasteiger partial charge is 0.319 e. The van der Waals surface area contributed by atoms with Crippen molar-refractivity contribution in [1.82, 2.24) is 15.1 Å². The molecular weight excluding hydrogens is 416 g/mol. The van der Waals surface area contributed by atoms with E-state index in [-0.39, 0.29) is 17.8 Å². The van der Waals surface area contributed by atoms with Crippen LogP contribution in [0, 0.1) is 0 Å². The molecule has 1 heterocycles. The van der Waals surface area contributed by atoms with E-state index in [1.165, 1.54) is 4.90 Å². The molecule has 0 spiro atoms. The Labute approximate surface area is 193 Å². The van der Waals surface area contributed by atoms with Gasteiger partial charge in [-0.25, -0.2) is 4.79 Å². The summed E-state index contributed by atoms with van der Waals surface area (Å²) in [6.45, 7) is 3.63. The predicted molar refractivity (Wildman–Crippen MR) is 132 cm³/mol. The summed E-state index contributed by atoms with van der Waals surface area (Å²) in [6, 6.07) is 12.7. The van der Waals surface area contributed by atoms with Gasteiger partial charge in [0.1, 0.15) is 0 Å². The first-order valence-electron chi connectivity index (χ1n) is 11.5. The number of nitrogens with zero attached hydrogens (tertiary/aromatic N) is 2. The number of rotatable bonds is 8. The summed E-state index contributed by atoms with van der Waals surface area (Å²) in [4.78, 5) is 42.4. The fourth-order valence-corrected chi connectivity index (χ4v) is 4.33. The highest BCUT2D eigenvalue weighted by Crippen LogP contribution is 2.38. The maximum Gasteiger partial charge on any atom is 0.319 e. The Hall–Kier alpha value is -3.45. The number of amides is 4. The number of hydrogen-bond acceptors (Lipinski definition) is 4. The molecule has 0 saturated heterocycles. The maximum atomic E-state index is 13.6. The van der Waals surface area contributed by atoms with Gasteiger partial charge >= 0.3 is 6.03 Å². The summed E-state index contributed by atoms with van der Waals surface area (Å²) >= 11 is 0. The van der Waals surface area contributed by atoms with E-state index in [2.05, 4.69) is 17.6 Å². The minimum absolute atomic E-state index is 0.264. The molecule has 0 radical (unpaired) electrons. The molecule has 0 aliphatic carbocycles. The van der Waals surface area contributed by atoms with Gasteiger partial charge in [0.25, 0.3) is 11.8 Å². The summed E-state index contributed by atoms with van der Waals surface area (Å²) in [5, 5.41) is 8.82. The number of carbonyl (C=O) groups is 3. The molecule has 1 aliphatic rings. The second kappa shape index (κ2) is 9.58. The molecule has 0 saturated carbocycles. The van der Waals surface area contributed by atoms with E-state index < -0.39 is 0 Å². The summed E-state index contributed by atoms with van der Waals surface area (Å²) in [7, 11) is 3.82. The monoisotopic (exact) mass is 446 g/mol. The lowest BCUT2D eigenvalue weighted by Gasteiger charge is -2.29. The van der Waals surface area contributed by atoms with Gasteiger partial charge in [-0.3, -0.25) is 14.5 Å². The highest BCUT2D eigenvalue weighted by atomic mass is 16.2. The van der Waals surface area contributed by atoms with Crippen molar-refractivity contribution in [3.8, 4) is 0 Å². The first-order chi connectivity index (χ1) is 15.9. The van der Waals surface area contributed by atoms with Crippen LogP contribution in [0.25, 0.3) is 21.5 Å². The predicted octanol–water partition coefficient (Wildman–Crippen LogP) is 4.46. The zero-order valence-corrected chi connectivity index (χ0v) is 19.4. The fraction of sp³-hybridized carbons (Fsp3) is 0.346. The second-order valence-corrected chi connectivity index (χ2v) is 8.71. The van der Waals surface area contributed by atoms with E-state index in [1.54, 1.807) is 6.07 Å². The molecule has 0 aromatic heterocycles. The van der Waals surface area contributed by atoms with Crippen LogP contribution in [0.5, 0.6) is 0 Å². The van der Waals surface area contributed by atoms with Crippen molar-refractivity contribution in [1.29, 1.82) is 0 Å². The van der Waals surface area contributed by atoms with E-state index in [4.69, 9.17) is 0 Å². The minimum Gasteiger partial charge on any atom is -0.338 e. The Kier molecular flexibility index (Phi) is 6.60. The SMILES string of the molecule is CCCCCNC(=O)Nc1cccc2c3c4c(cccc4cc12)C(=O)N(CCN(C)C)C3=O. The molecule has 2 N–H and O–H groups in total. The van der Waals surface area contributed by atoms with E-state index in [1.807, 2.05) is 55.4 Å². The van der Waals surface area contributed by atoms with Crippen LogP contribution in [0.1, 0.15) is 46.9 Å². The van der Waals surface area contributed by atoms with Gasteiger partial charge in [0, 0.05) is 36.0 Å². The van der Waals surface area contributed by atoms with Crippen LogP contribution in [0.3, 0.4) is 0 Å². The second-order valence-electron chi connectivity index (χ2n) is 8.71. The van der Waals surface area contributed by atoms with Gasteiger partial charge in [-0.05, 0) is 49.5 Å². The van der Waals surface area contributed by atoms with Crippen molar-refractivity contribution in [3.05, 3.63) is 53.6 Å². The van der Waals surface area contributed by atoms with Crippen molar-refractivity contribution in [3.63, 3.8) is 0 Å². The Bertz CT molecular complexity index is 1240. The van der Waals surface area contributed by atoms with Gasteiger partial charge < -0.3 is 15.5 Å². The molecular formula is C26H30N4O3. The van der Waals surface area contributed by atoms with Crippen molar-refractivity contribution in [2.24, 2.45) is 0 Å². The summed E-state index contributed by atoms with van der Waals surface area (Å²) in [6.07, 6.45) is 3.09. The third kappa shape index (κ3) is 4.41. The normalized spacial score (nSPS) is 13.3. The van der Waals surface area contributed by atoms with E-state index >= 15 is 0 Å². The number of anilines is 1. The van der Waals surface area contributed by atoms with Gasteiger partial charge in [0.2, 0.25) is 0 Å². The molecule has 33 heavy (non-hydrogen) atoms. The fourth-order valence-electron chi connectivity index (χ4n) is 4.33. The topological polar surface area (TPSA) is 81.8 Å². The number of hydrogen-bond donors (Lipinski definition) is 2. The van der Waals surface area contributed by atoms with Crippen LogP contribution in [0.15, 0.2) is 42.5 Å². The molecule has 3 aromatic rings. The molecule has 0 unspecified atom stereocenters. The largest absolute Gasteiger partial charge is 0.338 e. The lowest BCUT2D eigenvalue weighted by molar-refractivity contribution is 0.0602. The average molecular weight is 447 g/mol. The van der Waals surface area contributed by atoms with E-state index in [9.17, 15) is 14.4 Å². The molecule has 0 atom stereocenters. The Balaban J connectivity index is 1.77. The number of nitrogens with one attached hydrogen (secondary N) is 2. The van der Waals surface area contributed by atoms with Crippen molar-refractivity contribution >= 4 is 45.1 Å². The van der Waals surface area contributed by atoms with Gasteiger partial charge in [-0.2, -0.15) is 0 Å². The lowest BCUT2D eigenvalue weighted by atomic mass is 9.89. The van der Waals surface area contributed by atoms with E-state index in [0.29, 0.717) is 41.8 Å². The number of fused-ring (bicyclic) bond motifs is 2. The molecule has 172 valence electrons. The van der Waals surface area contributed by atoms with Gasteiger partial charge in [-0.15, -0.1) is 0 Å². The number of likely N-dealkylation sites (N-methyl/N-ethyl adjacent to an activating group) is 1. The number of benzene rings is 3. The minimum atomic E-state index is -0.294. The highest BCUT2D eigenvalue weighted by Gasteiger charge is 2.34. The van der Waals surface area contributed by atoms with Crippen LogP contribution in [0.2, 0.25) is 0 Å².